The van der Waals surface area contributed by atoms with Crippen molar-refractivity contribution >= 4 is 18.3 Å². The van der Waals surface area contributed by atoms with E-state index >= 15 is 0 Å². The first-order valence-electron chi connectivity index (χ1n) is 7.68. The van der Waals surface area contributed by atoms with Gasteiger partial charge in [0.2, 0.25) is 5.91 Å². The van der Waals surface area contributed by atoms with E-state index in [0.717, 1.165) is 5.56 Å². The lowest BCUT2D eigenvalue weighted by Gasteiger charge is -2.26. The van der Waals surface area contributed by atoms with Crippen molar-refractivity contribution in [3.8, 4) is 5.75 Å². The number of carbonyl (C=O) groups is 1. The third-order valence-electron chi connectivity index (χ3n) is 3.53. The molecule has 0 spiro atoms. The lowest BCUT2D eigenvalue weighted by atomic mass is 9.83. The van der Waals surface area contributed by atoms with Crippen LogP contribution >= 0.6 is 12.4 Å². The molecule has 7 heteroatoms. The van der Waals surface area contributed by atoms with Crippen LogP contribution in [0.1, 0.15) is 33.3 Å². The Morgan fingerprint density at radius 1 is 1.25 bits per heavy atom. The lowest BCUT2D eigenvalue weighted by Crippen LogP contribution is -2.47. The molecule has 0 saturated carbocycles. The number of benzene rings is 1. The minimum absolute atomic E-state index is 0. The second-order valence-corrected chi connectivity index (χ2v) is 6.60. The normalized spacial score (nSPS) is 11.8. The fraction of sp³-hybridized carbons (Fsp3) is 0.588. The summed E-state index contributed by atoms with van der Waals surface area (Å²) in [5.74, 6) is -2.43. The molecule has 4 nitrogen and oxygen atoms in total. The molecule has 1 aromatic rings. The summed E-state index contributed by atoms with van der Waals surface area (Å²) in [4.78, 5) is 12.2. The standard InChI is InChI=1S/C17H26F2N2O2.ClH/c1-12(2)9-23-14-7-5-13(6-8-14)16(3,4)15(22)21-11-17(18,19)10-20;/h5-8,12H,9-11,20H2,1-4H3,(H,21,22);1H. The van der Waals surface area contributed by atoms with Gasteiger partial charge in [0.05, 0.1) is 25.1 Å². The zero-order valence-corrected chi connectivity index (χ0v) is 15.4. The number of carbonyl (C=O) groups excluding carboxylic acids is 1. The first-order chi connectivity index (χ1) is 10.6. The van der Waals surface area contributed by atoms with Gasteiger partial charge in [-0.1, -0.05) is 26.0 Å². The molecule has 0 atom stereocenters. The number of alkyl halides is 2. The molecule has 0 aliphatic carbocycles. The largest absolute Gasteiger partial charge is 0.493 e. The molecule has 24 heavy (non-hydrogen) atoms. The first-order valence-corrected chi connectivity index (χ1v) is 7.68. The quantitative estimate of drug-likeness (QED) is 0.744. The summed E-state index contributed by atoms with van der Waals surface area (Å²) in [7, 11) is 0. The van der Waals surface area contributed by atoms with Crippen molar-refractivity contribution in [1.29, 1.82) is 0 Å². The van der Waals surface area contributed by atoms with E-state index in [4.69, 9.17) is 10.5 Å². The number of hydrogen-bond acceptors (Lipinski definition) is 3. The molecule has 0 aliphatic rings. The number of halogens is 3. The van der Waals surface area contributed by atoms with Gasteiger partial charge in [-0.25, -0.2) is 8.78 Å². The summed E-state index contributed by atoms with van der Waals surface area (Å²) < 4.78 is 31.9. The molecule has 0 aromatic heterocycles. The van der Waals surface area contributed by atoms with Crippen molar-refractivity contribution in [3.05, 3.63) is 29.8 Å². The first kappa shape index (κ1) is 22.6. The van der Waals surface area contributed by atoms with E-state index in [2.05, 4.69) is 19.2 Å². The smallest absolute Gasteiger partial charge is 0.277 e. The van der Waals surface area contributed by atoms with E-state index in [1.165, 1.54) is 0 Å². The lowest BCUT2D eigenvalue weighted by molar-refractivity contribution is -0.127. The number of rotatable bonds is 8. The van der Waals surface area contributed by atoms with Crippen LogP contribution in [0, 0.1) is 5.92 Å². The fourth-order valence-electron chi connectivity index (χ4n) is 1.86. The summed E-state index contributed by atoms with van der Waals surface area (Å²) in [5.41, 5.74) is 4.76. The molecular weight excluding hydrogens is 338 g/mol. The Morgan fingerprint density at radius 2 is 1.79 bits per heavy atom. The van der Waals surface area contributed by atoms with Crippen molar-refractivity contribution in [2.45, 2.75) is 39.0 Å². The van der Waals surface area contributed by atoms with Crippen LogP contribution in [0.15, 0.2) is 24.3 Å². The monoisotopic (exact) mass is 364 g/mol. The van der Waals surface area contributed by atoms with Gasteiger partial charge >= 0.3 is 0 Å². The maximum Gasteiger partial charge on any atom is 0.277 e. The highest BCUT2D eigenvalue weighted by Crippen LogP contribution is 2.26. The molecule has 1 rings (SSSR count). The minimum atomic E-state index is -3.10. The minimum Gasteiger partial charge on any atom is -0.493 e. The van der Waals surface area contributed by atoms with Crippen LogP contribution in [-0.2, 0) is 10.2 Å². The molecule has 0 aliphatic heterocycles. The van der Waals surface area contributed by atoms with Gasteiger partial charge in [0.25, 0.3) is 5.92 Å². The Hall–Kier alpha value is -1.40. The Balaban J connectivity index is 0.00000529. The molecule has 0 heterocycles. The Bertz CT molecular complexity index is 520. The highest BCUT2D eigenvalue weighted by Gasteiger charge is 2.33. The summed E-state index contributed by atoms with van der Waals surface area (Å²) >= 11 is 0. The molecule has 138 valence electrons. The zero-order valence-electron chi connectivity index (χ0n) is 14.6. The van der Waals surface area contributed by atoms with Gasteiger partial charge in [-0.15, -0.1) is 12.4 Å². The zero-order chi connectivity index (χ0) is 17.7. The summed E-state index contributed by atoms with van der Waals surface area (Å²) in [6, 6.07) is 7.11. The number of amides is 1. The van der Waals surface area contributed by atoms with Crippen LogP contribution in [-0.4, -0.2) is 31.5 Å². The molecule has 0 saturated heterocycles. The van der Waals surface area contributed by atoms with E-state index in [0.29, 0.717) is 18.3 Å². The average molecular weight is 365 g/mol. The summed E-state index contributed by atoms with van der Waals surface area (Å²) in [6.07, 6.45) is 0. The number of nitrogens with one attached hydrogen (secondary N) is 1. The van der Waals surface area contributed by atoms with Gasteiger partial charge in [0.1, 0.15) is 5.75 Å². The van der Waals surface area contributed by atoms with Crippen LogP contribution < -0.4 is 15.8 Å². The molecular formula is C17H27ClF2N2O2. The highest BCUT2D eigenvalue weighted by atomic mass is 35.5. The van der Waals surface area contributed by atoms with E-state index < -0.39 is 30.3 Å². The van der Waals surface area contributed by atoms with Crippen molar-refractivity contribution in [2.75, 3.05) is 19.7 Å². The second kappa shape index (κ2) is 9.18. The molecule has 0 bridgehead atoms. The number of hydrogen-bond donors (Lipinski definition) is 2. The molecule has 0 unspecified atom stereocenters. The summed E-state index contributed by atoms with van der Waals surface area (Å²) in [5, 5.41) is 2.27. The Labute approximate surface area is 148 Å². The molecule has 1 aromatic carbocycles. The van der Waals surface area contributed by atoms with Crippen molar-refractivity contribution < 1.29 is 18.3 Å². The van der Waals surface area contributed by atoms with Crippen molar-refractivity contribution in [2.24, 2.45) is 11.7 Å². The van der Waals surface area contributed by atoms with Crippen LogP contribution in [0.2, 0.25) is 0 Å². The van der Waals surface area contributed by atoms with Crippen LogP contribution in [0.4, 0.5) is 8.78 Å². The van der Waals surface area contributed by atoms with E-state index in [1.54, 1.807) is 38.1 Å². The Morgan fingerprint density at radius 3 is 2.25 bits per heavy atom. The average Bonchev–Trinajstić information content (AvgIpc) is 2.51. The summed E-state index contributed by atoms with van der Waals surface area (Å²) in [6.45, 7) is 6.53. The third kappa shape index (κ3) is 6.61. The SMILES string of the molecule is CC(C)COc1ccc(C(C)(C)C(=O)NCC(F)(F)CN)cc1.Cl. The van der Waals surface area contributed by atoms with E-state index in [9.17, 15) is 13.6 Å². The second-order valence-electron chi connectivity index (χ2n) is 6.60. The molecule has 3 N–H and O–H groups in total. The topological polar surface area (TPSA) is 64.3 Å². The highest BCUT2D eigenvalue weighted by molar-refractivity contribution is 5.87. The van der Waals surface area contributed by atoms with E-state index in [1.807, 2.05) is 0 Å². The number of ether oxygens (including phenoxy) is 1. The van der Waals surface area contributed by atoms with Crippen molar-refractivity contribution in [1.82, 2.24) is 5.32 Å². The number of nitrogens with two attached hydrogens (primary N) is 1. The molecule has 0 fully saturated rings. The van der Waals surface area contributed by atoms with Gasteiger partial charge in [-0.2, -0.15) is 0 Å². The van der Waals surface area contributed by atoms with Crippen LogP contribution in [0.5, 0.6) is 5.75 Å². The predicted molar refractivity (Wildman–Crippen MR) is 94.1 cm³/mol. The fourth-order valence-corrected chi connectivity index (χ4v) is 1.86. The van der Waals surface area contributed by atoms with Crippen LogP contribution in [0.25, 0.3) is 0 Å². The molecule has 1 amide bonds. The van der Waals surface area contributed by atoms with Gasteiger partial charge in [-0.3, -0.25) is 4.79 Å². The van der Waals surface area contributed by atoms with Gasteiger partial charge in [-0.05, 0) is 37.5 Å². The molecule has 0 radical (unpaired) electrons. The van der Waals surface area contributed by atoms with Gasteiger partial charge in [0.15, 0.2) is 0 Å². The maximum atomic E-state index is 13.2. The van der Waals surface area contributed by atoms with Crippen LogP contribution in [0.3, 0.4) is 0 Å². The van der Waals surface area contributed by atoms with Gasteiger partial charge < -0.3 is 15.8 Å². The Kier molecular flexibility index (Phi) is 8.64. The van der Waals surface area contributed by atoms with Crippen molar-refractivity contribution in [3.63, 3.8) is 0 Å². The van der Waals surface area contributed by atoms with Gasteiger partial charge in [0, 0.05) is 0 Å². The maximum absolute atomic E-state index is 13.2. The predicted octanol–water partition coefficient (Wildman–Crippen LogP) is 3.13. The third-order valence-corrected chi connectivity index (χ3v) is 3.53. The van der Waals surface area contributed by atoms with E-state index in [-0.39, 0.29) is 12.4 Å².